The molecular formula is C55H91N7O19. The van der Waals surface area contributed by atoms with Crippen molar-refractivity contribution in [3.05, 3.63) is 47.5 Å². The Hall–Kier alpha value is -5.17. The first-order valence-corrected chi connectivity index (χ1v) is 28.1. The predicted molar refractivity (Wildman–Crippen MR) is 298 cm³/mol. The van der Waals surface area contributed by atoms with Crippen molar-refractivity contribution >= 4 is 41.7 Å². The van der Waals surface area contributed by atoms with E-state index in [4.69, 9.17) is 77.9 Å². The molecule has 0 aliphatic carbocycles. The number of aldehydes is 2. The molecule has 3 amide bonds. The van der Waals surface area contributed by atoms with Crippen LogP contribution in [0, 0.1) is 0 Å². The Labute approximate surface area is 476 Å². The Morgan fingerprint density at radius 2 is 0.975 bits per heavy atom. The average molecular weight is 1150 g/mol. The molecule has 3 rings (SSSR count). The van der Waals surface area contributed by atoms with Crippen molar-refractivity contribution in [3.8, 4) is 11.5 Å². The normalized spacial score (nSPS) is 14.1. The number of carbonyl (C=O) groups excluding carboxylic acids is 5. The van der Waals surface area contributed by atoms with Crippen molar-refractivity contribution in [3.63, 3.8) is 0 Å². The van der Waals surface area contributed by atoms with Crippen molar-refractivity contribution in [2.45, 2.75) is 76.7 Å². The molecule has 9 N–H and O–H groups in total. The van der Waals surface area contributed by atoms with Gasteiger partial charge >= 0.3 is 0 Å². The second kappa shape index (κ2) is 49.4. The van der Waals surface area contributed by atoms with E-state index in [2.05, 4.69) is 26.7 Å². The molecule has 1 fully saturated rings. The summed E-state index contributed by atoms with van der Waals surface area (Å²) < 4.78 is 72.4. The summed E-state index contributed by atoms with van der Waals surface area (Å²) in [7, 11) is 0. The zero-order valence-electron chi connectivity index (χ0n) is 47.1. The molecule has 2 aromatic rings. The molecule has 1 saturated heterocycles. The summed E-state index contributed by atoms with van der Waals surface area (Å²) in [5.74, 6) is 0.880. The quantitative estimate of drug-likeness (QED) is 0.0164. The van der Waals surface area contributed by atoms with E-state index in [9.17, 15) is 24.0 Å². The molecule has 2 aromatic carbocycles. The van der Waals surface area contributed by atoms with Gasteiger partial charge in [0, 0.05) is 80.2 Å². The van der Waals surface area contributed by atoms with Gasteiger partial charge in [-0.05, 0) is 75.9 Å². The topological polar surface area (TPSA) is 327 Å². The minimum absolute atomic E-state index is 0.0549. The standard InChI is InChI=1S/C55H91N7O19/c56-49-39-47(10-8-45(49)41-63)77-21-2-1-15-58-16-4-23-80-61-44-76-43-55-79-26-14-54(81-55)62-53(67)13-25-71-30-34-74-36-38-75-37-35-73-33-29-70-24-12-52(66)60-18-6-20-69-28-32-72-31-27-68-19-5-17-59-51(65)7-3-22-78-48-11-9-46(42-64)50(57)40-48/h8-11,39-42,54-55,58,61H,1-7,12-38,43-44,56-57H2,(H,59,65)(H,60,66)(H,62,67). The van der Waals surface area contributed by atoms with Gasteiger partial charge in [0.15, 0.2) is 18.9 Å². The number of nitrogen functional groups attached to an aromatic ring is 2. The minimum Gasteiger partial charge on any atom is -0.494 e. The van der Waals surface area contributed by atoms with Crippen molar-refractivity contribution in [2.75, 3.05) is 183 Å². The highest BCUT2D eigenvalue weighted by Gasteiger charge is 2.24. The molecule has 2 unspecified atom stereocenters. The summed E-state index contributed by atoms with van der Waals surface area (Å²) in [6, 6.07) is 9.92. The van der Waals surface area contributed by atoms with Crippen molar-refractivity contribution in [1.29, 1.82) is 0 Å². The number of hydrogen-bond acceptors (Lipinski definition) is 23. The van der Waals surface area contributed by atoms with Crippen LogP contribution in [0.15, 0.2) is 36.4 Å². The van der Waals surface area contributed by atoms with E-state index in [1.165, 1.54) is 0 Å². The van der Waals surface area contributed by atoms with Crippen LogP contribution in [0.3, 0.4) is 0 Å². The Morgan fingerprint density at radius 1 is 0.506 bits per heavy atom. The minimum atomic E-state index is -0.613. The number of nitrogens with two attached hydrogens (primary N) is 2. The van der Waals surface area contributed by atoms with E-state index in [0.29, 0.717) is 211 Å². The van der Waals surface area contributed by atoms with E-state index < -0.39 is 12.5 Å². The molecule has 0 radical (unpaired) electrons. The number of ether oxygens (including phenoxy) is 13. The van der Waals surface area contributed by atoms with Gasteiger partial charge in [-0.2, -0.15) is 5.48 Å². The average Bonchev–Trinajstić information content (AvgIpc) is 3.46. The van der Waals surface area contributed by atoms with Gasteiger partial charge < -0.3 is 94.3 Å². The fraction of sp³-hybridized carbons (Fsp3) is 0.691. The van der Waals surface area contributed by atoms with E-state index in [0.717, 1.165) is 38.6 Å². The summed E-state index contributed by atoms with van der Waals surface area (Å²) in [4.78, 5) is 63.6. The van der Waals surface area contributed by atoms with E-state index in [1.54, 1.807) is 36.4 Å². The molecule has 0 saturated carbocycles. The van der Waals surface area contributed by atoms with Gasteiger partial charge in [0.25, 0.3) is 0 Å². The summed E-state index contributed by atoms with van der Waals surface area (Å²) in [6.07, 6.45) is 6.20. The molecule has 460 valence electrons. The van der Waals surface area contributed by atoms with Crippen LogP contribution in [0.25, 0.3) is 0 Å². The molecule has 0 bridgehead atoms. The van der Waals surface area contributed by atoms with E-state index >= 15 is 0 Å². The number of unbranched alkanes of at least 4 members (excludes halogenated alkanes) is 1. The van der Waals surface area contributed by atoms with Crippen LogP contribution in [-0.4, -0.2) is 214 Å². The molecule has 0 spiro atoms. The number of rotatable bonds is 55. The fourth-order valence-electron chi connectivity index (χ4n) is 7.05. The second-order valence-electron chi connectivity index (χ2n) is 18.0. The smallest absolute Gasteiger partial charge is 0.224 e. The van der Waals surface area contributed by atoms with Crippen molar-refractivity contribution < 1.29 is 90.4 Å². The van der Waals surface area contributed by atoms with E-state index in [-0.39, 0.29) is 50.5 Å². The van der Waals surface area contributed by atoms with Gasteiger partial charge in [-0.3, -0.25) is 28.8 Å². The number of anilines is 2. The second-order valence-corrected chi connectivity index (χ2v) is 18.0. The zero-order chi connectivity index (χ0) is 57.9. The lowest BCUT2D eigenvalue weighted by Gasteiger charge is -2.30. The molecule has 2 atom stereocenters. The van der Waals surface area contributed by atoms with E-state index in [1.807, 2.05) is 0 Å². The Morgan fingerprint density at radius 3 is 1.51 bits per heavy atom. The lowest BCUT2D eigenvalue weighted by atomic mass is 10.2. The Bertz CT molecular complexity index is 1950. The highest BCUT2D eigenvalue weighted by atomic mass is 16.7. The van der Waals surface area contributed by atoms with Gasteiger partial charge in [-0.1, -0.05) is 0 Å². The van der Waals surface area contributed by atoms with Crippen LogP contribution in [0.4, 0.5) is 11.4 Å². The summed E-state index contributed by atoms with van der Waals surface area (Å²) >= 11 is 0. The maximum Gasteiger partial charge on any atom is 0.224 e. The van der Waals surface area contributed by atoms with Crippen LogP contribution >= 0.6 is 0 Å². The lowest BCUT2D eigenvalue weighted by Crippen LogP contribution is -2.46. The molecule has 0 aromatic heterocycles. The maximum absolute atomic E-state index is 12.4. The molecule has 26 heteroatoms. The number of carbonyl (C=O) groups is 5. The van der Waals surface area contributed by atoms with Gasteiger partial charge in [0.05, 0.1) is 132 Å². The number of nitrogens with one attached hydrogen (secondary N) is 5. The van der Waals surface area contributed by atoms with Gasteiger partial charge in [-0.25, -0.2) is 0 Å². The number of hydrogen-bond donors (Lipinski definition) is 7. The van der Waals surface area contributed by atoms with Gasteiger partial charge in [0.1, 0.15) is 24.5 Å². The highest BCUT2D eigenvalue weighted by molar-refractivity contribution is 5.84. The molecule has 1 heterocycles. The van der Waals surface area contributed by atoms with Crippen LogP contribution < -0.4 is 47.7 Å². The number of hydroxylamine groups is 1. The third-order valence-corrected chi connectivity index (χ3v) is 11.4. The molecule has 26 nitrogen and oxygen atoms in total. The summed E-state index contributed by atoms with van der Waals surface area (Å²) in [6.45, 7) is 11.3. The van der Waals surface area contributed by atoms with Gasteiger partial charge in [0.2, 0.25) is 17.7 Å². The summed E-state index contributed by atoms with van der Waals surface area (Å²) in [5, 5.41) is 11.9. The predicted octanol–water partition coefficient (Wildman–Crippen LogP) is 2.10. The van der Waals surface area contributed by atoms with Crippen molar-refractivity contribution in [2.24, 2.45) is 0 Å². The molecular weight excluding hydrogens is 1060 g/mol. The largest absolute Gasteiger partial charge is 0.494 e. The van der Waals surface area contributed by atoms with Crippen LogP contribution in [0.2, 0.25) is 0 Å². The van der Waals surface area contributed by atoms with Crippen LogP contribution in [0.5, 0.6) is 11.5 Å². The van der Waals surface area contributed by atoms with Gasteiger partial charge in [-0.15, -0.1) is 0 Å². The lowest BCUT2D eigenvalue weighted by molar-refractivity contribution is -0.240. The first-order valence-electron chi connectivity index (χ1n) is 28.1. The molecule has 81 heavy (non-hydrogen) atoms. The molecule has 1 aliphatic heterocycles. The van der Waals surface area contributed by atoms with Crippen molar-refractivity contribution in [1.82, 2.24) is 26.7 Å². The summed E-state index contributed by atoms with van der Waals surface area (Å²) in [5.41, 5.74) is 16.0. The third kappa shape index (κ3) is 39.0. The van der Waals surface area contributed by atoms with Crippen LogP contribution in [0.1, 0.15) is 84.9 Å². The van der Waals surface area contributed by atoms with Crippen LogP contribution in [-0.2, 0) is 71.3 Å². The first-order chi connectivity index (χ1) is 39.8. The Kier molecular flexibility index (Phi) is 42.8. The Balaban J connectivity index is 0.938. The zero-order valence-corrected chi connectivity index (χ0v) is 47.1. The monoisotopic (exact) mass is 1150 g/mol. The number of benzene rings is 2. The fourth-order valence-corrected chi connectivity index (χ4v) is 7.05. The highest BCUT2D eigenvalue weighted by Crippen LogP contribution is 2.20. The first kappa shape index (κ1) is 70.1. The molecule has 1 aliphatic rings. The number of amides is 3. The third-order valence-electron chi connectivity index (χ3n) is 11.4. The maximum atomic E-state index is 12.4. The SMILES string of the molecule is Nc1cc(OCCCCNCCCONCOCC2OCCC(NC(=O)CCOCCOCCOCCOCCOCCC(=O)NCCCOCCOCCOCCCNC(=O)CCCOc3ccc(C=O)c(N)c3)O2)ccc1C=O.